The average Bonchev–Trinajstić information content (AvgIpc) is 3.05. The maximum atomic E-state index is 13.0. The molecule has 4 rings (SSSR count). The maximum absolute atomic E-state index is 13.0. The van der Waals surface area contributed by atoms with Crippen molar-refractivity contribution >= 4 is 22.9 Å². The van der Waals surface area contributed by atoms with Gasteiger partial charge in [-0.2, -0.15) is 0 Å². The van der Waals surface area contributed by atoms with E-state index in [4.69, 9.17) is 9.72 Å². The number of para-hydroxylation sites is 2. The molecule has 1 N–H and O–H groups in total. The summed E-state index contributed by atoms with van der Waals surface area (Å²) < 4.78 is 7.48. The highest BCUT2D eigenvalue weighted by Crippen LogP contribution is 2.32. The van der Waals surface area contributed by atoms with Crippen LogP contribution in [0.2, 0.25) is 0 Å². The molecule has 7 heteroatoms. The van der Waals surface area contributed by atoms with Crippen LogP contribution in [0.3, 0.4) is 0 Å². The molecule has 29 heavy (non-hydrogen) atoms. The van der Waals surface area contributed by atoms with E-state index in [-0.39, 0.29) is 30.1 Å². The van der Waals surface area contributed by atoms with Crippen molar-refractivity contribution in [2.75, 3.05) is 26.3 Å². The van der Waals surface area contributed by atoms with Crippen molar-refractivity contribution in [2.45, 2.75) is 32.1 Å². The number of amides is 1. The van der Waals surface area contributed by atoms with Crippen LogP contribution in [-0.2, 0) is 27.8 Å². The predicted octanol–water partition coefficient (Wildman–Crippen LogP) is 2.48. The Bertz CT molecular complexity index is 887. The van der Waals surface area contributed by atoms with Crippen LogP contribution in [0.4, 0.5) is 0 Å². The quantitative estimate of drug-likeness (QED) is 0.835. The van der Waals surface area contributed by atoms with Gasteiger partial charge in [-0.05, 0) is 43.2 Å². The number of likely N-dealkylation sites (tertiary alicyclic amines) is 1. The lowest BCUT2D eigenvalue weighted by molar-refractivity contribution is -0.142. The molecule has 1 amide bonds. The molecule has 2 unspecified atom stereocenters. The number of nitrogens with zero attached hydrogens (tertiary/aromatic N) is 3. The summed E-state index contributed by atoms with van der Waals surface area (Å²) in [5.74, 6) is 0.583. The molecule has 0 radical (unpaired) electrons. The molecule has 0 bridgehead atoms. The molecule has 0 aliphatic carbocycles. The number of rotatable bonds is 5. The molecule has 2 aliphatic rings. The van der Waals surface area contributed by atoms with Gasteiger partial charge >= 0.3 is 5.97 Å². The molecule has 7 nitrogen and oxygen atoms in total. The lowest BCUT2D eigenvalue weighted by Gasteiger charge is -2.40. The van der Waals surface area contributed by atoms with Crippen molar-refractivity contribution in [3.63, 3.8) is 0 Å². The van der Waals surface area contributed by atoms with E-state index in [1.807, 2.05) is 36.2 Å². The van der Waals surface area contributed by atoms with Crippen molar-refractivity contribution in [3.05, 3.63) is 30.1 Å². The summed E-state index contributed by atoms with van der Waals surface area (Å²) in [6, 6.07) is 8.01. The van der Waals surface area contributed by atoms with Crippen LogP contribution >= 0.6 is 0 Å². The number of hydrogen-bond acceptors (Lipinski definition) is 4. The predicted molar refractivity (Wildman–Crippen MR) is 108 cm³/mol. The number of aromatic nitrogens is 2. The Kier molecular flexibility index (Phi) is 5.85. The first kappa shape index (κ1) is 19.9. The zero-order valence-corrected chi connectivity index (χ0v) is 16.9. The highest BCUT2D eigenvalue weighted by atomic mass is 16.5. The lowest BCUT2D eigenvalue weighted by Crippen LogP contribution is -2.48. The fourth-order valence-electron chi connectivity index (χ4n) is 4.82. The summed E-state index contributed by atoms with van der Waals surface area (Å²) >= 11 is 0. The monoisotopic (exact) mass is 399 g/mol. The summed E-state index contributed by atoms with van der Waals surface area (Å²) in [6.07, 6.45) is 3.12. The van der Waals surface area contributed by atoms with Crippen molar-refractivity contribution in [2.24, 2.45) is 24.8 Å². The van der Waals surface area contributed by atoms with E-state index >= 15 is 0 Å². The molecule has 2 aliphatic heterocycles. The van der Waals surface area contributed by atoms with Crippen LogP contribution in [0.25, 0.3) is 11.0 Å². The van der Waals surface area contributed by atoms with E-state index in [0.717, 1.165) is 36.1 Å². The molecule has 2 aromatic rings. The van der Waals surface area contributed by atoms with Gasteiger partial charge in [-0.1, -0.05) is 12.1 Å². The first-order valence-electron chi connectivity index (χ1n) is 10.5. The summed E-state index contributed by atoms with van der Waals surface area (Å²) in [5.41, 5.74) is 2.02. The van der Waals surface area contributed by atoms with Crippen LogP contribution < -0.4 is 0 Å². The van der Waals surface area contributed by atoms with Gasteiger partial charge < -0.3 is 19.3 Å². The minimum Gasteiger partial charge on any atom is -0.481 e. The smallest absolute Gasteiger partial charge is 0.303 e. The van der Waals surface area contributed by atoms with Crippen LogP contribution in [0.5, 0.6) is 0 Å². The van der Waals surface area contributed by atoms with Crippen molar-refractivity contribution in [1.29, 1.82) is 0 Å². The number of fused-ring (bicyclic) bond motifs is 1. The number of benzene rings is 1. The van der Waals surface area contributed by atoms with Gasteiger partial charge in [-0.25, -0.2) is 4.98 Å². The summed E-state index contributed by atoms with van der Waals surface area (Å²) in [7, 11) is 2.00. The number of aryl methyl sites for hydroxylation is 1. The van der Waals surface area contributed by atoms with E-state index in [1.165, 1.54) is 0 Å². The zero-order valence-electron chi connectivity index (χ0n) is 16.9. The Morgan fingerprint density at radius 2 is 1.93 bits per heavy atom. The Balaban J connectivity index is 1.53. The Morgan fingerprint density at radius 1 is 1.17 bits per heavy atom. The van der Waals surface area contributed by atoms with Crippen LogP contribution in [0.15, 0.2) is 24.3 Å². The first-order chi connectivity index (χ1) is 14.0. The SMILES string of the molecule is Cn1c(CC2CN(C(=O)C3CCOCC3)CCC2CC(=O)O)nc2ccccc21. The topological polar surface area (TPSA) is 84.7 Å². The standard InChI is InChI=1S/C22H29N3O4/c1-24-19-5-3-2-4-18(19)23-20(24)12-17-14-25(9-6-16(17)13-21(26)27)22(28)15-7-10-29-11-8-15/h2-5,15-17H,6-14H2,1H3,(H,26,27). The Morgan fingerprint density at radius 3 is 2.66 bits per heavy atom. The minimum atomic E-state index is -0.769. The molecule has 1 aromatic carbocycles. The summed E-state index contributed by atoms with van der Waals surface area (Å²) in [6.45, 7) is 2.55. The van der Waals surface area contributed by atoms with E-state index in [2.05, 4.69) is 4.57 Å². The van der Waals surface area contributed by atoms with Crippen molar-refractivity contribution in [1.82, 2.24) is 14.5 Å². The van der Waals surface area contributed by atoms with Crippen LogP contribution in [0.1, 0.15) is 31.5 Å². The summed E-state index contributed by atoms with van der Waals surface area (Å²) in [5, 5.41) is 9.38. The third-order valence-electron chi connectivity index (χ3n) is 6.53. The van der Waals surface area contributed by atoms with Crippen LogP contribution in [0, 0.1) is 17.8 Å². The highest BCUT2D eigenvalue weighted by Gasteiger charge is 2.36. The Labute approximate surface area is 170 Å². The van der Waals surface area contributed by atoms with E-state index in [9.17, 15) is 14.7 Å². The first-order valence-corrected chi connectivity index (χ1v) is 10.5. The van der Waals surface area contributed by atoms with E-state index in [1.54, 1.807) is 0 Å². The molecule has 1 aromatic heterocycles. The van der Waals surface area contributed by atoms with Gasteiger partial charge in [0.25, 0.3) is 0 Å². The van der Waals surface area contributed by atoms with Crippen molar-refractivity contribution in [3.8, 4) is 0 Å². The lowest BCUT2D eigenvalue weighted by atomic mass is 9.80. The third-order valence-corrected chi connectivity index (χ3v) is 6.53. The fourth-order valence-corrected chi connectivity index (χ4v) is 4.82. The van der Waals surface area contributed by atoms with Crippen molar-refractivity contribution < 1.29 is 19.4 Å². The number of carbonyl (C=O) groups is 2. The van der Waals surface area contributed by atoms with Crippen LogP contribution in [-0.4, -0.2) is 57.7 Å². The average molecular weight is 399 g/mol. The van der Waals surface area contributed by atoms with Gasteiger partial charge in [-0.3, -0.25) is 9.59 Å². The minimum absolute atomic E-state index is 0.0381. The molecule has 3 heterocycles. The second-order valence-electron chi connectivity index (χ2n) is 8.36. The second-order valence-corrected chi connectivity index (χ2v) is 8.36. The van der Waals surface area contributed by atoms with E-state index < -0.39 is 5.97 Å². The molecule has 2 atom stereocenters. The highest BCUT2D eigenvalue weighted by molar-refractivity contribution is 5.79. The molecule has 2 saturated heterocycles. The van der Waals surface area contributed by atoms with Gasteiger partial charge in [0.1, 0.15) is 5.82 Å². The zero-order chi connectivity index (χ0) is 20.4. The van der Waals surface area contributed by atoms with Gasteiger partial charge in [0.05, 0.1) is 11.0 Å². The van der Waals surface area contributed by atoms with E-state index in [0.29, 0.717) is 32.7 Å². The molecular formula is C22H29N3O4. The molecule has 0 saturated carbocycles. The number of hydrogen-bond donors (Lipinski definition) is 1. The molecular weight excluding hydrogens is 370 g/mol. The largest absolute Gasteiger partial charge is 0.481 e. The maximum Gasteiger partial charge on any atom is 0.303 e. The number of ether oxygens (including phenoxy) is 1. The van der Waals surface area contributed by atoms with Gasteiger partial charge in [0, 0.05) is 52.1 Å². The number of carboxylic acids is 1. The van der Waals surface area contributed by atoms with Gasteiger partial charge in [0.2, 0.25) is 5.91 Å². The number of carboxylic acid groups (broad SMARTS) is 1. The third kappa shape index (κ3) is 4.29. The number of imidazole rings is 1. The molecule has 0 spiro atoms. The van der Waals surface area contributed by atoms with Gasteiger partial charge in [0.15, 0.2) is 0 Å². The van der Waals surface area contributed by atoms with Gasteiger partial charge in [-0.15, -0.1) is 0 Å². The summed E-state index contributed by atoms with van der Waals surface area (Å²) in [4.78, 5) is 31.2. The second kappa shape index (κ2) is 8.53. The number of carbonyl (C=O) groups excluding carboxylic acids is 1. The fraction of sp³-hybridized carbons (Fsp3) is 0.591. The number of aliphatic carboxylic acids is 1. The molecule has 156 valence electrons. The normalized spacial score (nSPS) is 23.4. The Hall–Kier alpha value is -2.41. The molecule has 2 fully saturated rings. The number of piperidine rings is 1.